The molecule has 0 bridgehead atoms. The standard InChI is InChI=1S/C18H33N3O2/c1-3-18(4-2,14-19)17(23)20-11-8-15(9-12-20)13-21-10-6-5-7-16(21)22/h15H,3-14,19H2,1-2H3. The molecule has 23 heavy (non-hydrogen) atoms. The van der Waals surface area contributed by atoms with E-state index in [2.05, 4.69) is 13.8 Å². The normalized spacial score (nSPS) is 20.9. The summed E-state index contributed by atoms with van der Waals surface area (Å²) >= 11 is 0. The van der Waals surface area contributed by atoms with Gasteiger partial charge in [0.15, 0.2) is 0 Å². The van der Waals surface area contributed by atoms with Crippen molar-refractivity contribution in [1.82, 2.24) is 9.80 Å². The van der Waals surface area contributed by atoms with Gasteiger partial charge >= 0.3 is 0 Å². The Balaban J connectivity index is 1.85. The molecular formula is C18H33N3O2. The van der Waals surface area contributed by atoms with Crippen molar-refractivity contribution >= 4 is 11.8 Å². The number of hydrogen-bond acceptors (Lipinski definition) is 3. The van der Waals surface area contributed by atoms with E-state index in [1.807, 2.05) is 9.80 Å². The Morgan fingerprint density at radius 3 is 2.35 bits per heavy atom. The smallest absolute Gasteiger partial charge is 0.230 e. The maximum absolute atomic E-state index is 12.8. The maximum Gasteiger partial charge on any atom is 0.230 e. The Bertz CT molecular complexity index is 404. The van der Waals surface area contributed by atoms with Gasteiger partial charge < -0.3 is 15.5 Å². The van der Waals surface area contributed by atoms with Gasteiger partial charge in [-0.3, -0.25) is 9.59 Å². The fourth-order valence-corrected chi connectivity index (χ4v) is 3.95. The highest BCUT2D eigenvalue weighted by Crippen LogP contribution is 2.30. The Labute approximate surface area is 140 Å². The van der Waals surface area contributed by atoms with E-state index in [0.717, 1.165) is 64.7 Å². The monoisotopic (exact) mass is 323 g/mol. The van der Waals surface area contributed by atoms with Gasteiger partial charge in [-0.25, -0.2) is 0 Å². The van der Waals surface area contributed by atoms with Crippen LogP contribution in [0.15, 0.2) is 0 Å². The Kier molecular flexibility index (Phi) is 6.45. The average molecular weight is 323 g/mol. The lowest BCUT2D eigenvalue weighted by Gasteiger charge is -2.40. The second-order valence-corrected chi connectivity index (χ2v) is 7.22. The fourth-order valence-electron chi connectivity index (χ4n) is 3.95. The molecule has 0 aromatic rings. The lowest BCUT2D eigenvalue weighted by Crippen LogP contribution is -2.51. The van der Waals surface area contributed by atoms with Crippen LogP contribution in [0.4, 0.5) is 0 Å². The Hall–Kier alpha value is -1.10. The van der Waals surface area contributed by atoms with Gasteiger partial charge in [0.2, 0.25) is 11.8 Å². The first kappa shape index (κ1) is 18.2. The van der Waals surface area contributed by atoms with Crippen molar-refractivity contribution in [3.8, 4) is 0 Å². The van der Waals surface area contributed by atoms with E-state index in [0.29, 0.717) is 24.8 Å². The van der Waals surface area contributed by atoms with Gasteiger partial charge in [0, 0.05) is 39.1 Å². The first-order chi connectivity index (χ1) is 11.1. The molecule has 2 heterocycles. The molecule has 2 N–H and O–H groups in total. The maximum atomic E-state index is 12.8. The lowest BCUT2D eigenvalue weighted by molar-refractivity contribution is -0.144. The van der Waals surface area contributed by atoms with E-state index in [1.54, 1.807) is 0 Å². The van der Waals surface area contributed by atoms with Crippen LogP contribution in [0.2, 0.25) is 0 Å². The molecule has 2 saturated heterocycles. The molecule has 0 aliphatic carbocycles. The highest BCUT2D eigenvalue weighted by Gasteiger charge is 2.38. The van der Waals surface area contributed by atoms with Gasteiger partial charge in [-0.2, -0.15) is 0 Å². The number of piperidine rings is 2. The van der Waals surface area contributed by atoms with Crippen molar-refractivity contribution in [3.63, 3.8) is 0 Å². The van der Waals surface area contributed by atoms with Crippen molar-refractivity contribution in [1.29, 1.82) is 0 Å². The second kappa shape index (κ2) is 8.13. The molecule has 0 unspecified atom stereocenters. The van der Waals surface area contributed by atoms with Gasteiger partial charge in [-0.05, 0) is 44.4 Å². The van der Waals surface area contributed by atoms with Crippen molar-refractivity contribution in [2.75, 3.05) is 32.7 Å². The average Bonchev–Trinajstić information content (AvgIpc) is 2.59. The molecule has 0 atom stereocenters. The van der Waals surface area contributed by atoms with Crippen LogP contribution in [0.5, 0.6) is 0 Å². The Morgan fingerprint density at radius 2 is 1.83 bits per heavy atom. The molecule has 2 rings (SSSR count). The molecule has 5 heteroatoms. The zero-order valence-electron chi connectivity index (χ0n) is 14.9. The van der Waals surface area contributed by atoms with E-state index < -0.39 is 0 Å². The summed E-state index contributed by atoms with van der Waals surface area (Å²) in [5, 5.41) is 0. The summed E-state index contributed by atoms with van der Waals surface area (Å²) in [6.07, 6.45) is 6.51. The quantitative estimate of drug-likeness (QED) is 0.813. The highest BCUT2D eigenvalue weighted by atomic mass is 16.2. The van der Waals surface area contributed by atoms with E-state index in [1.165, 1.54) is 0 Å². The van der Waals surface area contributed by atoms with Crippen LogP contribution in [0.3, 0.4) is 0 Å². The molecule has 2 fully saturated rings. The number of hydrogen-bond donors (Lipinski definition) is 1. The number of rotatable bonds is 6. The number of nitrogens with zero attached hydrogens (tertiary/aromatic N) is 2. The number of nitrogens with two attached hydrogens (primary N) is 1. The summed E-state index contributed by atoms with van der Waals surface area (Å²) in [5.74, 6) is 1.09. The number of carbonyl (C=O) groups excluding carboxylic acids is 2. The molecule has 2 aliphatic heterocycles. The van der Waals surface area contributed by atoms with E-state index >= 15 is 0 Å². The molecule has 0 aromatic heterocycles. The topological polar surface area (TPSA) is 66.6 Å². The highest BCUT2D eigenvalue weighted by molar-refractivity contribution is 5.83. The molecule has 2 amide bonds. The molecular weight excluding hydrogens is 290 g/mol. The largest absolute Gasteiger partial charge is 0.342 e. The summed E-state index contributed by atoms with van der Waals surface area (Å²) in [7, 11) is 0. The molecule has 2 aliphatic rings. The third kappa shape index (κ3) is 4.06. The SMILES string of the molecule is CCC(CC)(CN)C(=O)N1CCC(CN2CCCCC2=O)CC1. The summed E-state index contributed by atoms with van der Waals surface area (Å²) in [6.45, 7) is 7.97. The van der Waals surface area contributed by atoms with Crippen molar-refractivity contribution < 1.29 is 9.59 Å². The van der Waals surface area contributed by atoms with Gasteiger partial charge in [0.05, 0.1) is 5.41 Å². The summed E-state index contributed by atoms with van der Waals surface area (Å²) in [5.41, 5.74) is 5.53. The van der Waals surface area contributed by atoms with Gasteiger partial charge in [0.25, 0.3) is 0 Å². The molecule has 0 saturated carbocycles. The second-order valence-electron chi connectivity index (χ2n) is 7.22. The van der Waals surface area contributed by atoms with Crippen LogP contribution < -0.4 is 5.73 Å². The third-order valence-corrected chi connectivity index (χ3v) is 6.00. The van der Waals surface area contributed by atoms with Gasteiger partial charge in [-0.15, -0.1) is 0 Å². The summed E-state index contributed by atoms with van der Waals surface area (Å²) in [4.78, 5) is 28.8. The van der Waals surface area contributed by atoms with Gasteiger partial charge in [0.1, 0.15) is 0 Å². The first-order valence-corrected chi connectivity index (χ1v) is 9.33. The number of amides is 2. The lowest BCUT2D eigenvalue weighted by atomic mass is 9.80. The minimum Gasteiger partial charge on any atom is -0.342 e. The number of likely N-dealkylation sites (tertiary alicyclic amines) is 2. The number of carbonyl (C=O) groups is 2. The van der Waals surface area contributed by atoms with Crippen LogP contribution >= 0.6 is 0 Å². The first-order valence-electron chi connectivity index (χ1n) is 9.33. The van der Waals surface area contributed by atoms with Crippen molar-refractivity contribution in [2.24, 2.45) is 17.1 Å². The molecule has 0 spiro atoms. The summed E-state index contributed by atoms with van der Waals surface area (Å²) in [6, 6.07) is 0. The molecule has 5 nitrogen and oxygen atoms in total. The molecule has 0 radical (unpaired) electrons. The minimum absolute atomic E-state index is 0.234. The predicted octanol–water partition coefficient (Wildman–Crippen LogP) is 2.00. The van der Waals surface area contributed by atoms with Crippen LogP contribution in [-0.2, 0) is 9.59 Å². The minimum atomic E-state index is -0.379. The van der Waals surface area contributed by atoms with Gasteiger partial charge in [-0.1, -0.05) is 13.8 Å². The van der Waals surface area contributed by atoms with Crippen molar-refractivity contribution in [2.45, 2.75) is 58.8 Å². The third-order valence-electron chi connectivity index (χ3n) is 6.00. The molecule has 132 valence electrons. The van der Waals surface area contributed by atoms with E-state index in [9.17, 15) is 9.59 Å². The van der Waals surface area contributed by atoms with Crippen LogP contribution in [0, 0.1) is 11.3 Å². The van der Waals surface area contributed by atoms with Crippen LogP contribution in [0.1, 0.15) is 58.8 Å². The Morgan fingerprint density at radius 1 is 1.17 bits per heavy atom. The summed E-state index contributed by atoms with van der Waals surface area (Å²) < 4.78 is 0. The zero-order valence-corrected chi connectivity index (χ0v) is 14.9. The predicted molar refractivity (Wildman–Crippen MR) is 91.8 cm³/mol. The van der Waals surface area contributed by atoms with Crippen molar-refractivity contribution in [3.05, 3.63) is 0 Å². The van der Waals surface area contributed by atoms with Crippen LogP contribution in [-0.4, -0.2) is 54.3 Å². The molecule has 0 aromatic carbocycles. The van der Waals surface area contributed by atoms with E-state index in [-0.39, 0.29) is 11.3 Å². The fraction of sp³-hybridized carbons (Fsp3) is 0.889. The van der Waals surface area contributed by atoms with E-state index in [4.69, 9.17) is 5.73 Å². The van der Waals surface area contributed by atoms with Crippen LogP contribution in [0.25, 0.3) is 0 Å². The zero-order chi connectivity index (χ0) is 16.9.